The van der Waals surface area contributed by atoms with Crippen LogP contribution in [0.3, 0.4) is 0 Å². The third kappa shape index (κ3) is 5.20. The number of nitrogens with zero attached hydrogens (tertiary/aromatic N) is 3. The molecule has 1 atom stereocenters. The van der Waals surface area contributed by atoms with Gasteiger partial charge < -0.3 is 14.8 Å². The van der Waals surface area contributed by atoms with Crippen molar-refractivity contribution in [2.24, 2.45) is 11.0 Å². The van der Waals surface area contributed by atoms with Gasteiger partial charge in [-0.3, -0.25) is 14.8 Å². The Hall–Kier alpha value is -3.87. The molecular formula is C27H30N4O3. The molecule has 0 saturated heterocycles. The van der Waals surface area contributed by atoms with E-state index in [4.69, 9.17) is 14.6 Å². The topological polar surface area (TPSA) is 76.1 Å². The normalized spacial score (nSPS) is 15.4. The Morgan fingerprint density at radius 2 is 1.91 bits per heavy atom. The predicted octanol–water partition coefficient (Wildman–Crippen LogP) is 4.99. The molecule has 1 N–H and O–H groups in total. The number of hydrazone groups is 1. The number of benzene rings is 2. The van der Waals surface area contributed by atoms with Gasteiger partial charge in [0.2, 0.25) is 0 Å². The number of methoxy groups -OCH3 is 2. The summed E-state index contributed by atoms with van der Waals surface area (Å²) < 4.78 is 10.9. The Morgan fingerprint density at radius 3 is 2.65 bits per heavy atom. The first kappa shape index (κ1) is 23.3. The molecule has 2 heterocycles. The second-order valence-electron chi connectivity index (χ2n) is 8.19. The van der Waals surface area contributed by atoms with Crippen LogP contribution in [0, 0.1) is 5.92 Å². The van der Waals surface area contributed by atoms with Crippen LogP contribution in [0.4, 0.5) is 5.69 Å². The van der Waals surface area contributed by atoms with E-state index >= 15 is 0 Å². The molecule has 1 unspecified atom stereocenters. The van der Waals surface area contributed by atoms with Gasteiger partial charge in [-0.15, -0.1) is 0 Å². The third-order valence-electron chi connectivity index (χ3n) is 6.09. The SMILES string of the molecule is CCC1CCN(Cc2ccccc2NC(=O)c2cccnc2)N=C1c1ccc(OC)c(OC)c1. The summed E-state index contributed by atoms with van der Waals surface area (Å²) in [7, 11) is 3.28. The number of nitrogens with one attached hydrogen (secondary N) is 1. The largest absolute Gasteiger partial charge is 0.493 e. The molecule has 1 aliphatic rings. The number of ether oxygens (including phenoxy) is 2. The zero-order chi connectivity index (χ0) is 23.9. The first-order valence-corrected chi connectivity index (χ1v) is 11.5. The van der Waals surface area contributed by atoms with Crippen LogP contribution in [0.15, 0.2) is 72.1 Å². The van der Waals surface area contributed by atoms with Gasteiger partial charge >= 0.3 is 0 Å². The summed E-state index contributed by atoms with van der Waals surface area (Å²) in [5, 5.41) is 10.1. The minimum atomic E-state index is -0.181. The second kappa shape index (κ2) is 10.8. The summed E-state index contributed by atoms with van der Waals surface area (Å²) in [6.45, 7) is 3.64. The first-order chi connectivity index (χ1) is 16.6. The number of rotatable bonds is 8. The number of para-hydroxylation sites is 1. The summed E-state index contributed by atoms with van der Waals surface area (Å²) in [5.41, 5.74) is 4.38. The highest BCUT2D eigenvalue weighted by molar-refractivity contribution is 6.04. The fourth-order valence-electron chi connectivity index (χ4n) is 4.19. The lowest BCUT2D eigenvalue weighted by atomic mass is 9.90. The summed E-state index contributed by atoms with van der Waals surface area (Å²) in [6.07, 6.45) is 5.23. The molecule has 0 aliphatic carbocycles. The van der Waals surface area contributed by atoms with Crippen molar-refractivity contribution in [3.8, 4) is 11.5 Å². The van der Waals surface area contributed by atoms with Crippen molar-refractivity contribution in [1.82, 2.24) is 9.99 Å². The Bertz CT molecular complexity index is 1160. The van der Waals surface area contributed by atoms with Gasteiger partial charge in [-0.25, -0.2) is 0 Å². The van der Waals surface area contributed by atoms with Crippen LogP contribution >= 0.6 is 0 Å². The number of amides is 1. The van der Waals surface area contributed by atoms with E-state index in [2.05, 4.69) is 22.2 Å². The van der Waals surface area contributed by atoms with Gasteiger partial charge in [0.05, 0.1) is 32.0 Å². The van der Waals surface area contributed by atoms with Crippen LogP contribution in [0.1, 0.15) is 41.3 Å². The van der Waals surface area contributed by atoms with Crippen molar-refractivity contribution in [3.05, 3.63) is 83.7 Å². The van der Waals surface area contributed by atoms with Crippen LogP contribution in [-0.4, -0.2) is 42.4 Å². The van der Waals surface area contributed by atoms with Crippen molar-refractivity contribution in [2.75, 3.05) is 26.1 Å². The molecule has 4 rings (SSSR count). The number of anilines is 1. The van der Waals surface area contributed by atoms with Gasteiger partial charge in [-0.05, 0) is 54.8 Å². The van der Waals surface area contributed by atoms with Crippen LogP contribution in [0.5, 0.6) is 11.5 Å². The maximum absolute atomic E-state index is 12.7. The zero-order valence-corrected chi connectivity index (χ0v) is 19.8. The van der Waals surface area contributed by atoms with Crippen LogP contribution in [0.25, 0.3) is 0 Å². The molecule has 1 aromatic heterocycles. The predicted molar refractivity (Wildman–Crippen MR) is 134 cm³/mol. The van der Waals surface area contributed by atoms with E-state index < -0.39 is 0 Å². The average Bonchev–Trinajstić information content (AvgIpc) is 2.89. The number of carbonyl (C=O) groups excluding carboxylic acids is 1. The molecular weight excluding hydrogens is 428 g/mol. The molecule has 0 bridgehead atoms. The summed E-state index contributed by atoms with van der Waals surface area (Å²) in [5.74, 6) is 1.58. The highest BCUT2D eigenvalue weighted by Gasteiger charge is 2.24. The van der Waals surface area contributed by atoms with Gasteiger partial charge in [0.15, 0.2) is 11.5 Å². The summed E-state index contributed by atoms with van der Waals surface area (Å²) >= 11 is 0. The summed E-state index contributed by atoms with van der Waals surface area (Å²) in [4.78, 5) is 16.7. The lowest BCUT2D eigenvalue weighted by Crippen LogP contribution is -2.32. The number of pyridine rings is 1. The van der Waals surface area contributed by atoms with E-state index in [1.165, 1.54) is 0 Å². The van der Waals surface area contributed by atoms with E-state index in [1.54, 1.807) is 38.7 Å². The molecule has 0 spiro atoms. The van der Waals surface area contributed by atoms with Crippen LogP contribution in [0.2, 0.25) is 0 Å². The van der Waals surface area contributed by atoms with E-state index in [0.29, 0.717) is 29.5 Å². The number of aromatic nitrogens is 1. The third-order valence-corrected chi connectivity index (χ3v) is 6.09. The standard InChI is InChI=1S/C27H30N4O3/c1-4-19-13-15-31(30-26(19)20-11-12-24(33-2)25(16-20)34-3)18-22-8-5-6-10-23(22)29-27(32)21-9-7-14-28-17-21/h5-12,14,16-17,19H,4,13,15,18H2,1-3H3,(H,29,32). The van der Waals surface area contributed by atoms with Crippen molar-refractivity contribution in [3.63, 3.8) is 0 Å². The van der Waals surface area contributed by atoms with E-state index in [-0.39, 0.29) is 5.91 Å². The van der Waals surface area contributed by atoms with Crippen LogP contribution < -0.4 is 14.8 Å². The first-order valence-electron chi connectivity index (χ1n) is 11.5. The van der Waals surface area contributed by atoms with Gasteiger partial charge in [0, 0.05) is 36.1 Å². The van der Waals surface area contributed by atoms with Gasteiger partial charge in [-0.1, -0.05) is 25.1 Å². The van der Waals surface area contributed by atoms with Crippen molar-refractivity contribution >= 4 is 17.3 Å². The molecule has 1 amide bonds. The number of hydrogen-bond acceptors (Lipinski definition) is 6. The smallest absolute Gasteiger partial charge is 0.257 e. The van der Waals surface area contributed by atoms with Crippen molar-refractivity contribution in [2.45, 2.75) is 26.3 Å². The maximum atomic E-state index is 12.7. The fraction of sp³-hybridized carbons (Fsp3) is 0.296. The quantitative estimate of drug-likeness (QED) is 0.515. The fourth-order valence-corrected chi connectivity index (χ4v) is 4.19. The van der Waals surface area contributed by atoms with Gasteiger partial charge in [0.1, 0.15) is 0 Å². The Labute approximate surface area is 200 Å². The second-order valence-corrected chi connectivity index (χ2v) is 8.19. The van der Waals surface area contributed by atoms with E-state index in [0.717, 1.165) is 41.9 Å². The molecule has 34 heavy (non-hydrogen) atoms. The van der Waals surface area contributed by atoms with Crippen molar-refractivity contribution < 1.29 is 14.3 Å². The van der Waals surface area contributed by atoms with E-state index in [9.17, 15) is 4.79 Å². The molecule has 1 aliphatic heterocycles. The molecule has 176 valence electrons. The Kier molecular flexibility index (Phi) is 7.42. The number of hydrogen-bond donors (Lipinski definition) is 1. The molecule has 0 saturated carbocycles. The molecule has 2 aromatic carbocycles. The monoisotopic (exact) mass is 458 g/mol. The molecule has 7 nitrogen and oxygen atoms in total. The molecule has 3 aromatic rings. The highest BCUT2D eigenvalue weighted by atomic mass is 16.5. The average molecular weight is 459 g/mol. The highest BCUT2D eigenvalue weighted by Crippen LogP contribution is 2.31. The van der Waals surface area contributed by atoms with E-state index in [1.807, 2.05) is 42.5 Å². The lowest BCUT2D eigenvalue weighted by Gasteiger charge is -2.31. The lowest BCUT2D eigenvalue weighted by molar-refractivity contribution is 0.102. The molecule has 7 heteroatoms. The minimum Gasteiger partial charge on any atom is -0.493 e. The van der Waals surface area contributed by atoms with Crippen molar-refractivity contribution in [1.29, 1.82) is 0 Å². The number of carbonyl (C=O) groups is 1. The van der Waals surface area contributed by atoms with Crippen LogP contribution in [-0.2, 0) is 6.54 Å². The Balaban J connectivity index is 1.58. The van der Waals surface area contributed by atoms with Gasteiger partial charge in [-0.2, -0.15) is 5.10 Å². The molecule has 0 radical (unpaired) electrons. The minimum absolute atomic E-state index is 0.181. The van der Waals surface area contributed by atoms with Gasteiger partial charge in [0.25, 0.3) is 5.91 Å². The maximum Gasteiger partial charge on any atom is 0.257 e. The summed E-state index contributed by atoms with van der Waals surface area (Å²) in [6, 6.07) is 17.3. The zero-order valence-electron chi connectivity index (χ0n) is 19.8. The Morgan fingerprint density at radius 1 is 1.09 bits per heavy atom. The molecule has 0 fully saturated rings.